The van der Waals surface area contributed by atoms with E-state index in [0.717, 1.165) is 41.9 Å². The molecular formula is C25H29N3O2. The van der Waals surface area contributed by atoms with Gasteiger partial charge in [0.25, 0.3) is 5.91 Å². The second-order valence-corrected chi connectivity index (χ2v) is 7.65. The standard InChI is InChI=1S/C25H29N3O2/c1-5-6-15-26(4)23-18-20(19(2)3)14-17-28(25(23)30)22-12-10-21(11-13-22)27-16-8-7-9-24(27)29/h5-6,10-13,15H,1-2,7-9,14,16-17H2,3-4H3. The van der Waals surface area contributed by atoms with E-state index < -0.39 is 0 Å². The van der Waals surface area contributed by atoms with Crippen molar-refractivity contribution in [3.05, 3.63) is 78.3 Å². The Hall–Kier alpha value is -3.30. The SMILES string of the molecule is C=CC=CN(C)C1=C=C(C(=C)C)CCN(c2ccc(N3CCCCC3=O)cc2)C1=O. The maximum absolute atomic E-state index is 13.4. The van der Waals surface area contributed by atoms with Gasteiger partial charge in [0.05, 0.1) is 0 Å². The molecule has 0 radical (unpaired) electrons. The first-order valence-electron chi connectivity index (χ1n) is 10.3. The van der Waals surface area contributed by atoms with Gasteiger partial charge in [-0.05, 0) is 62.1 Å². The lowest BCUT2D eigenvalue weighted by Crippen LogP contribution is -2.36. The van der Waals surface area contributed by atoms with Crippen LogP contribution in [-0.4, -0.2) is 36.9 Å². The second-order valence-electron chi connectivity index (χ2n) is 7.65. The van der Waals surface area contributed by atoms with Crippen LogP contribution in [0.2, 0.25) is 0 Å². The monoisotopic (exact) mass is 403 g/mol. The first-order valence-corrected chi connectivity index (χ1v) is 10.3. The summed E-state index contributed by atoms with van der Waals surface area (Å²) >= 11 is 0. The molecule has 5 heteroatoms. The normalized spacial score (nSPS) is 17.5. The summed E-state index contributed by atoms with van der Waals surface area (Å²) in [5.41, 5.74) is 7.26. The minimum atomic E-state index is -0.121. The van der Waals surface area contributed by atoms with Crippen molar-refractivity contribution in [3.63, 3.8) is 0 Å². The maximum Gasteiger partial charge on any atom is 0.283 e. The molecule has 1 aromatic carbocycles. The number of nitrogens with zero attached hydrogens (tertiary/aromatic N) is 3. The molecule has 2 amide bonds. The van der Waals surface area contributed by atoms with Crippen LogP contribution < -0.4 is 9.80 Å². The molecule has 1 aromatic rings. The van der Waals surface area contributed by atoms with Crippen LogP contribution in [0.4, 0.5) is 11.4 Å². The number of rotatable bonds is 6. The minimum Gasteiger partial charge on any atom is -0.340 e. The van der Waals surface area contributed by atoms with Crippen LogP contribution in [0.5, 0.6) is 0 Å². The van der Waals surface area contributed by atoms with E-state index in [1.54, 1.807) is 28.2 Å². The molecule has 156 valence electrons. The molecular weight excluding hydrogens is 374 g/mol. The average molecular weight is 404 g/mol. The molecule has 0 aromatic heterocycles. The van der Waals surface area contributed by atoms with E-state index in [1.165, 1.54) is 0 Å². The summed E-state index contributed by atoms with van der Waals surface area (Å²) in [6.45, 7) is 10.9. The topological polar surface area (TPSA) is 43.9 Å². The summed E-state index contributed by atoms with van der Waals surface area (Å²) in [6.07, 6.45) is 8.49. The molecule has 2 aliphatic heterocycles. The van der Waals surface area contributed by atoms with Crippen molar-refractivity contribution >= 4 is 23.2 Å². The van der Waals surface area contributed by atoms with Crippen LogP contribution in [0, 0.1) is 0 Å². The Bertz CT molecular complexity index is 949. The fraction of sp³-hybridized carbons (Fsp3) is 0.320. The van der Waals surface area contributed by atoms with E-state index in [2.05, 4.69) is 18.9 Å². The molecule has 1 fully saturated rings. The molecule has 30 heavy (non-hydrogen) atoms. The Balaban J connectivity index is 1.89. The number of piperidine rings is 1. The summed E-state index contributed by atoms with van der Waals surface area (Å²) in [5, 5.41) is 0. The third-order valence-corrected chi connectivity index (χ3v) is 5.41. The Kier molecular flexibility index (Phi) is 6.76. The molecule has 0 atom stereocenters. The van der Waals surface area contributed by atoms with Crippen molar-refractivity contribution in [2.45, 2.75) is 32.6 Å². The van der Waals surface area contributed by atoms with Gasteiger partial charge in [-0.15, -0.1) is 0 Å². The lowest BCUT2D eigenvalue weighted by atomic mass is 10.1. The minimum absolute atomic E-state index is 0.121. The summed E-state index contributed by atoms with van der Waals surface area (Å²) < 4.78 is 0. The number of hydrogen-bond donors (Lipinski definition) is 0. The number of likely N-dealkylation sites (N-methyl/N-ethyl adjacent to an activating group) is 1. The highest BCUT2D eigenvalue weighted by atomic mass is 16.2. The molecule has 0 bridgehead atoms. The van der Waals surface area contributed by atoms with E-state index in [9.17, 15) is 9.59 Å². The largest absolute Gasteiger partial charge is 0.340 e. The van der Waals surface area contributed by atoms with Crippen molar-refractivity contribution < 1.29 is 9.59 Å². The number of carbonyl (C=O) groups is 2. The lowest BCUT2D eigenvalue weighted by Gasteiger charge is -2.28. The summed E-state index contributed by atoms with van der Waals surface area (Å²) in [4.78, 5) is 30.9. The lowest BCUT2D eigenvalue weighted by molar-refractivity contribution is -0.119. The van der Waals surface area contributed by atoms with Gasteiger partial charge in [0.15, 0.2) is 5.70 Å². The zero-order chi connectivity index (χ0) is 21.7. The van der Waals surface area contributed by atoms with E-state index in [1.807, 2.05) is 43.1 Å². The Morgan fingerprint density at radius 1 is 1.07 bits per heavy atom. The van der Waals surface area contributed by atoms with Crippen LogP contribution in [0.15, 0.2) is 78.3 Å². The quantitative estimate of drug-likeness (QED) is 0.517. The van der Waals surface area contributed by atoms with Gasteiger partial charge in [0, 0.05) is 49.7 Å². The molecule has 0 spiro atoms. The molecule has 0 unspecified atom stereocenters. The van der Waals surface area contributed by atoms with Gasteiger partial charge in [-0.1, -0.05) is 25.0 Å². The number of anilines is 2. The van der Waals surface area contributed by atoms with Gasteiger partial charge in [0.1, 0.15) is 0 Å². The van der Waals surface area contributed by atoms with Crippen molar-refractivity contribution in [1.82, 2.24) is 4.90 Å². The van der Waals surface area contributed by atoms with E-state index >= 15 is 0 Å². The van der Waals surface area contributed by atoms with E-state index in [0.29, 0.717) is 25.1 Å². The third-order valence-electron chi connectivity index (χ3n) is 5.41. The number of benzene rings is 1. The zero-order valence-electron chi connectivity index (χ0n) is 17.9. The number of amides is 2. The predicted octanol–water partition coefficient (Wildman–Crippen LogP) is 4.56. The van der Waals surface area contributed by atoms with Crippen LogP contribution in [-0.2, 0) is 9.59 Å². The molecule has 2 aliphatic rings. The first kappa shape index (κ1) is 21.4. The van der Waals surface area contributed by atoms with Crippen LogP contribution >= 0.6 is 0 Å². The molecule has 3 rings (SSSR count). The van der Waals surface area contributed by atoms with Crippen LogP contribution in [0.1, 0.15) is 32.6 Å². The molecule has 0 saturated carbocycles. The van der Waals surface area contributed by atoms with Crippen molar-refractivity contribution in [1.29, 1.82) is 0 Å². The highest BCUT2D eigenvalue weighted by Gasteiger charge is 2.26. The molecule has 2 heterocycles. The highest BCUT2D eigenvalue weighted by Crippen LogP contribution is 2.28. The first-order chi connectivity index (χ1) is 14.4. The van der Waals surface area contributed by atoms with E-state index in [-0.39, 0.29) is 11.8 Å². The smallest absolute Gasteiger partial charge is 0.283 e. The zero-order valence-corrected chi connectivity index (χ0v) is 17.9. The van der Waals surface area contributed by atoms with Gasteiger partial charge in [-0.25, -0.2) is 0 Å². The number of carbonyl (C=O) groups excluding carboxylic acids is 2. The molecule has 1 saturated heterocycles. The van der Waals surface area contributed by atoms with Crippen molar-refractivity contribution in [3.8, 4) is 0 Å². The van der Waals surface area contributed by atoms with Gasteiger partial charge in [-0.3, -0.25) is 9.59 Å². The van der Waals surface area contributed by atoms with Crippen molar-refractivity contribution in [2.24, 2.45) is 0 Å². The maximum atomic E-state index is 13.4. The number of allylic oxidation sites excluding steroid dienone is 3. The predicted molar refractivity (Wildman–Crippen MR) is 122 cm³/mol. The Morgan fingerprint density at radius 3 is 2.33 bits per heavy atom. The summed E-state index contributed by atoms with van der Waals surface area (Å²) in [7, 11) is 1.82. The summed E-state index contributed by atoms with van der Waals surface area (Å²) in [6, 6.07) is 7.68. The second kappa shape index (κ2) is 9.47. The molecule has 5 nitrogen and oxygen atoms in total. The van der Waals surface area contributed by atoms with Gasteiger partial charge in [0.2, 0.25) is 5.91 Å². The fourth-order valence-electron chi connectivity index (χ4n) is 3.67. The number of hydrogen-bond acceptors (Lipinski definition) is 3. The fourth-order valence-corrected chi connectivity index (χ4v) is 3.67. The Labute approximate surface area is 179 Å². The third kappa shape index (κ3) is 4.64. The van der Waals surface area contributed by atoms with Crippen LogP contribution in [0.3, 0.4) is 0 Å². The molecule has 0 aliphatic carbocycles. The van der Waals surface area contributed by atoms with E-state index in [4.69, 9.17) is 0 Å². The molecule has 0 N–H and O–H groups in total. The average Bonchev–Trinajstić information content (AvgIpc) is 2.92. The highest BCUT2D eigenvalue weighted by molar-refractivity contribution is 6.05. The van der Waals surface area contributed by atoms with Gasteiger partial charge < -0.3 is 14.7 Å². The summed E-state index contributed by atoms with van der Waals surface area (Å²) in [5.74, 6) is 0.0419. The van der Waals surface area contributed by atoms with Gasteiger partial charge in [-0.2, -0.15) is 0 Å². The van der Waals surface area contributed by atoms with Gasteiger partial charge >= 0.3 is 0 Å². The Morgan fingerprint density at radius 2 is 1.73 bits per heavy atom. The van der Waals surface area contributed by atoms with Crippen LogP contribution in [0.25, 0.3) is 0 Å². The van der Waals surface area contributed by atoms with Crippen molar-refractivity contribution in [2.75, 3.05) is 29.9 Å².